The summed E-state index contributed by atoms with van der Waals surface area (Å²) in [5.74, 6) is 0. The number of amides is 2. The second-order valence-corrected chi connectivity index (χ2v) is 6.32. The number of urea groups is 1. The number of nitrogens with one attached hydrogen (secondary N) is 2. The number of benzene rings is 1. The standard InChI is InChI=1S/C18H20N4O.ClH/c1-12-5-6-13(9-16(12)17-4-2-3-7-19-17)21-18(23)22-11-14-8-15(22)10-20-14;/h2-7,9,14-15,20H,8,10-11H2,1H3,(H,21,23);1H/t14-,15-;/m0./s1. The van der Waals surface area contributed by atoms with Gasteiger partial charge in [-0.25, -0.2) is 4.79 Å². The summed E-state index contributed by atoms with van der Waals surface area (Å²) >= 11 is 0. The summed E-state index contributed by atoms with van der Waals surface area (Å²) in [5.41, 5.74) is 3.93. The van der Waals surface area contributed by atoms with E-state index in [0.29, 0.717) is 12.1 Å². The average Bonchev–Trinajstić information content (AvgIpc) is 3.20. The third kappa shape index (κ3) is 3.09. The van der Waals surface area contributed by atoms with E-state index in [0.717, 1.165) is 42.0 Å². The summed E-state index contributed by atoms with van der Waals surface area (Å²) in [6.07, 6.45) is 2.86. The molecular weight excluding hydrogens is 324 g/mol. The van der Waals surface area contributed by atoms with Crippen LogP contribution in [-0.4, -0.2) is 41.1 Å². The normalized spacial score (nSPS) is 21.5. The molecule has 0 radical (unpaired) electrons. The van der Waals surface area contributed by atoms with Gasteiger partial charge in [-0.1, -0.05) is 12.1 Å². The van der Waals surface area contributed by atoms with Gasteiger partial charge in [0.05, 0.1) is 5.69 Å². The minimum atomic E-state index is -0.00479. The molecule has 2 atom stereocenters. The molecule has 0 aliphatic carbocycles. The van der Waals surface area contributed by atoms with Gasteiger partial charge in [0.25, 0.3) is 0 Å². The van der Waals surface area contributed by atoms with Crippen molar-refractivity contribution in [2.45, 2.75) is 25.4 Å². The highest BCUT2D eigenvalue weighted by atomic mass is 35.5. The first kappa shape index (κ1) is 16.7. The van der Waals surface area contributed by atoms with E-state index in [1.807, 2.05) is 41.3 Å². The SMILES string of the molecule is Cc1ccc(NC(=O)N2C[C@@H]3C[C@H]2CN3)cc1-c1ccccn1.Cl. The summed E-state index contributed by atoms with van der Waals surface area (Å²) in [6, 6.07) is 12.6. The molecule has 2 fully saturated rings. The van der Waals surface area contributed by atoms with E-state index in [4.69, 9.17) is 0 Å². The molecule has 2 aliphatic rings. The Hall–Kier alpha value is -2.11. The first-order valence-electron chi connectivity index (χ1n) is 8.04. The first-order chi connectivity index (χ1) is 11.2. The van der Waals surface area contributed by atoms with Crippen LogP contribution in [0.25, 0.3) is 11.3 Å². The number of carbonyl (C=O) groups is 1. The van der Waals surface area contributed by atoms with Gasteiger partial charge in [0, 0.05) is 42.6 Å². The number of aromatic nitrogens is 1. The number of nitrogens with zero attached hydrogens (tertiary/aromatic N) is 2. The van der Waals surface area contributed by atoms with Gasteiger partial charge in [-0.05, 0) is 43.2 Å². The number of anilines is 1. The fraction of sp³-hybridized carbons (Fsp3) is 0.333. The molecule has 0 unspecified atom stereocenters. The molecule has 2 N–H and O–H groups in total. The quantitative estimate of drug-likeness (QED) is 0.880. The summed E-state index contributed by atoms with van der Waals surface area (Å²) < 4.78 is 0. The van der Waals surface area contributed by atoms with Crippen molar-refractivity contribution in [1.82, 2.24) is 15.2 Å². The number of aryl methyl sites for hydroxylation is 1. The van der Waals surface area contributed by atoms with Gasteiger partial charge in [-0.2, -0.15) is 0 Å². The van der Waals surface area contributed by atoms with E-state index in [-0.39, 0.29) is 18.4 Å². The second kappa shape index (κ2) is 6.79. The molecule has 2 aliphatic heterocycles. The minimum absolute atomic E-state index is 0. The molecule has 2 bridgehead atoms. The summed E-state index contributed by atoms with van der Waals surface area (Å²) in [7, 11) is 0. The highest BCUT2D eigenvalue weighted by Gasteiger charge is 2.40. The molecule has 24 heavy (non-hydrogen) atoms. The van der Waals surface area contributed by atoms with Crippen LogP contribution in [0.2, 0.25) is 0 Å². The van der Waals surface area contributed by atoms with E-state index in [9.17, 15) is 4.79 Å². The van der Waals surface area contributed by atoms with E-state index in [1.54, 1.807) is 6.20 Å². The first-order valence-corrected chi connectivity index (χ1v) is 8.04. The highest BCUT2D eigenvalue weighted by Crippen LogP contribution is 2.27. The zero-order valence-corrected chi connectivity index (χ0v) is 14.3. The number of likely N-dealkylation sites (tertiary alicyclic amines) is 1. The van der Waals surface area contributed by atoms with E-state index >= 15 is 0 Å². The summed E-state index contributed by atoms with van der Waals surface area (Å²) in [4.78, 5) is 18.9. The predicted octanol–water partition coefficient (Wildman–Crippen LogP) is 3.06. The van der Waals surface area contributed by atoms with Crippen molar-refractivity contribution >= 4 is 24.1 Å². The monoisotopic (exact) mass is 344 g/mol. The van der Waals surface area contributed by atoms with E-state index < -0.39 is 0 Å². The Labute approximate surface area is 147 Å². The van der Waals surface area contributed by atoms with Gasteiger partial charge in [-0.3, -0.25) is 4.98 Å². The van der Waals surface area contributed by atoms with E-state index in [2.05, 4.69) is 22.5 Å². The van der Waals surface area contributed by atoms with Gasteiger partial charge < -0.3 is 15.5 Å². The number of carbonyl (C=O) groups excluding carboxylic acids is 1. The summed E-state index contributed by atoms with van der Waals surface area (Å²) in [6.45, 7) is 3.77. The van der Waals surface area contributed by atoms with Gasteiger partial charge in [0.15, 0.2) is 0 Å². The molecule has 1 aromatic carbocycles. The third-order valence-corrected chi connectivity index (χ3v) is 4.75. The number of pyridine rings is 1. The smallest absolute Gasteiger partial charge is 0.319 e. The summed E-state index contributed by atoms with van der Waals surface area (Å²) in [5, 5.41) is 6.45. The van der Waals surface area contributed by atoms with Crippen LogP contribution in [0.4, 0.5) is 10.5 Å². The number of rotatable bonds is 2. The number of piperazine rings is 1. The van der Waals surface area contributed by atoms with Crippen LogP contribution in [0.5, 0.6) is 0 Å². The fourth-order valence-electron chi connectivity index (χ4n) is 3.50. The van der Waals surface area contributed by atoms with E-state index in [1.165, 1.54) is 0 Å². The molecule has 2 aromatic rings. The molecule has 2 amide bonds. The minimum Gasteiger partial charge on any atom is -0.319 e. The van der Waals surface area contributed by atoms with Crippen molar-refractivity contribution in [3.8, 4) is 11.3 Å². The molecule has 3 heterocycles. The number of hydrogen-bond acceptors (Lipinski definition) is 3. The lowest BCUT2D eigenvalue weighted by molar-refractivity contribution is 0.199. The maximum Gasteiger partial charge on any atom is 0.322 e. The number of fused-ring (bicyclic) bond motifs is 2. The molecular formula is C18H21ClN4O. The van der Waals surface area contributed by atoms with Crippen LogP contribution >= 0.6 is 12.4 Å². The molecule has 1 aromatic heterocycles. The Morgan fingerprint density at radius 1 is 1.33 bits per heavy atom. The molecule has 2 saturated heterocycles. The topological polar surface area (TPSA) is 57.3 Å². The molecule has 6 heteroatoms. The Morgan fingerprint density at radius 3 is 2.88 bits per heavy atom. The van der Waals surface area contributed by atoms with Crippen LogP contribution in [0, 0.1) is 6.92 Å². The lowest BCUT2D eigenvalue weighted by Crippen LogP contribution is -2.48. The van der Waals surface area contributed by atoms with Crippen LogP contribution in [0.15, 0.2) is 42.6 Å². The van der Waals surface area contributed by atoms with Crippen molar-refractivity contribution in [2.24, 2.45) is 0 Å². The van der Waals surface area contributed by atoms with Crippen LogP contribution in [-0.2, 0) is 0 Å². The van der Waals surface area contributed by atoms with Crippen molar-refractivity contribution in [3.05, 3.63) is 48.2 Å². The molecule has 0 saturated carbocycles. The van der Waals surface area contributed by atoms with Crippen LogP contribution in [0.1, 0.15) is 12.0 Å². The zero-order chi connectivity index (χ0) is 15.8. The second-order valence-electron chi connectivity index (χ2n) is 6.32. The van der Waals surface area contributed by atoms with Crippen molar-refractivity contribution < 1.29 is 4.79 Å². The molecule has 5 nitrogen and oxygen atoms in total. The third-order valence-electron chi connectivity index (χ3n) is 4.75. The van der Waals surface area contributed by atoms with Gasteiger partial charge >= 0.3 is 6.03 Å². The lowest BCUT2D eigenvalue weighted by Gasteiger charge is -2.27. The Morgan fingerprint density at radius 2 is 2.21 bits per heavy atom. The lowest BCUT2D eigenvalue weighted by atomic mass is 10.0. The Kier molecular flexibility index (Phi) is 4.73. The van der Waals surface area contributed by atoms with Gasteiger partial charge in [-0.15, -0.1) is 12.4 Å². The van der Waals surface area contributed by atoms with Crippen molar-refractivity contribution in [2.75, 3.05) is 18.4 Å². The predicted molar refractivity (Wildman–Crippen MR) is 97.6 cm³/mol. The molecule has 0 spiro atoms. The van der Waals surface area contributed by atoms with Gasteiger partial charge in [0.2, 0.25) is 0 Å². The van der Waals surface area contributed by atoms with Crippen molar-refractivity contribution in [1.29, 1.82) is 0 Å². The number of hydrogen-bond donors (Lipinski definition) is 2. The highest BCUT2D eigenvalue weighted by molar-refractivity contribution is 5.91. The maximum absolute atomic E-state index is 12.5. The van der Waals surface area contributed by atoms with Crippen LogP contribution in [0.3, 0.4) is 0 Å². The molecule has 4 rings (SSSR count). The fourth-order valence-corrected chi connectivity index (χ4v) is 3.50. The van der Waals surface area contributed by atoms with Gasteiger partial charge in [0.1, 0.15) is 0 Å². The average molecular weight is 345 g/mol. The largest absolute Gasteiger partial charge is 0.322 e. The Balaban J connectivity index is 0.00000169. The van der Waals surface area contributed by atoms with Crippen LogP contribution < -0.4 is 10.6 Å². The van der Waals surface area contributed by atoms with Crippen molar-refractivity contribution in [3.63, 3.8) is 0 Å². The number of halogens is 1. The zero-order valence-electron chi connectivity index (χ0n) is 13.5. The maximum atomic E-state index is 12.5. The molecule has 126 valence electrons. The Bertz CT molecular complexity index is 737.